The molecule has 2 N–H and O–H groups in total. The van der Waals surface area contributed by atoms with E-state index in [2.05, 4.69) is 10.6 Å². The number of hydrogen-bond acceptors (Lipinski definition) is 4. The third-order valence-electron chi connectivity index (χ3n) is 2.65. The first kappa shape index (κ1) is 15.2. The number of ether oxygens (including phenoxy) is 1. The summed E-state index contributed by atoms with van der Waals surface area (Å²) in [7, 11) is 1.37. The second kappa shape index (κ2) is 8.26. The zero-order valence-electron chi connectivity index (χ0n) is 11.3. The lowest BCUT2D eigenvalue weighted by atomic mass is 10.1. The maximum absolute atomic E-state index is 11.7. The van der Waals surface area contributed by atoms with Crippen molar-refractivity contribution in [2.75, 3.05) is 20.2 Å². The predicted molar refractivity (Wildman–Crippen MR) is 72.5 cm³/mol. The fourth-order valence-electron chi connectivity index (χ4n) is 1.70. The summed E-state index contributed by atoms with van der Waals surface area (Å²) in [6.07, 6.45) is 0.750. The molecule has 0 aromatic heterocycles. The quantitative estimate of drug-likeness (QED) is 0.570. The van der Waals surface area contributed by atoms with Crippen molar-refractivity contribution in [2.24, 2.45) is 0 Å². The molecule has 1 unspecified atom stereocenters. The number of amides is 1. The Morgan fingerprint density at radius 3 is 2.47 bits per heavy atom. The van der Waals surface area contributed by atoms with Gasteiger partial charge in [0, 0.05) is 13.5 Å². The molecule has 0 aliphatic heterocycles. The lowest BCUT2D eigenvalue weighted by molar-refractivity contribution is -0.143. The highest BCUT2D eigenvalue weighted by Gasteiger charge is 2.19. The first-order valence-corrected chi connectivity index (χ1v) is 6.25. The first-order valence-electron chi connectivity index (χ1n) is 6.25. The van der Waals surface area contributed by atoms with Crippen molar-refractivity contribution in [3.05, 3.63) is 35.9 Å². The minimum atomic E-state index is -0.469. The highest BCUT2D eigenvalue weighted by atomic mass is 16.5. The van der Waals surface area contributed by atoms with Gasteiger partial charge in [-0.15, -0.1) is 0 Å². The predicted octanol–water partition coefficient (Wildman–Crippen LogP) is 1.02. The summed E-state index contributed by atoms with van der Waals surface area (Å²) in [6.45, 7) is 2.69. The monoisotopic (exact) mass is 264 g/mol. The van der Waals surface area contributed by atoms with E-state index >= 15 is 0 Å². The minimum Gasteiger partial charge on any atom is -0.468 e. The average molecular weight is 264 g/mol. The first-order chi connectivity index (χ1) is 9.15. The number of esters is 1. The van der Waals surface area contributed by atoms with Crippen LogP contribution in [0.1, 0.15) is 24.9 Å². The molecule has 1 aromatic rings. The molecule has 0 bridgehead atoms. The highest BCUT2D eigenvalue weighted by molar-refractivity contribution is 5.77. The van der Waals surface area contributed by atoms with E-state index in [1.54, 1.807) is 0 Å². The van der Waals surface area contributed by atoms with Gasteiger partial charge in [-0.05, 0) is 18.5 Å². The van der Waals surface area contributed by atoms with Gasteiger partial charge in [0.1, 0.15) is 6.04 Å². The molecule has 0 aliphatic rings. The number of nitrogens with one attached hydrogen (secondary N) is 2. The van der Waals surface area contributed by atoms with Gasteiger partial charge in [0.25, 0.3) is 0 Å². The van der Waals surface area contributed by atoms with Crippen molar-refractivity contribution in [3.8, 4) is 0 Å². The fourth-order valence-corrected chi connectivity index (χ4v) is 1.70. The summed E-state index contributed by atoms with van der Waals surface area (Å²) < 4.78 is 4.79. The maximum Gasteiger partial charge on any atom is 0.327 e. The number of benzene rings is 1. The number of rotatable bonds is 7. The Kier molecular flexibility index (Phi) is 6.60. The Bertz CT molecular complexity index is 406. The summed E-state index contributed by atoms with van der Waals surface area (Å²) >= 11 is 0. The molecule has 0 saturated carbocycles. The van der Waals surface area contributed by atoms with Gasteiger partial charge in [0.05, 0.1) is 7.11 Å². The molecule has 0 spiro atoms. The second-order valence-corrected chi connectivity index (χ2v) is 4.16. The molecule has 1 amide bonds. The van der Waals surface area contributed by atoms with E-state index in [1.165, 1.54) is 14.0 Å². The Morgan fingerprint density at radius 1 is 1.21 bits per heavy atom. The standard InChI is InChI=1S/C14H20N2O3/c1-11(17)15-9-6-10-16-13(14(18)19-2)12-7-4-3-5-8-12/h3-5,7-8,13,16H,6,9-10H2,1-2H3,(H,15,17). The molecule has 104 valence electrons. The molecule has 0 radical (unpaired) electrons. The Morgan fingerprint density at radius 2 is 1.89 bits per heavy atom. The van der Waals surface area contributed by atoms with Gasteiger partial charge in [-0.25, -0.2) is 4.79 Å². The molecule has 1 rings (SSSR count). The molecule has 1 atom stereocenters. The van der Waals surface area contributed by atoms with Crippen LogP contribution in [0.15, 0.2) is 30.3 Å². The van der Waals surface area contributed by atoms with Crippen LogP contribution in [0.5, 0.6) is 0 Å². The summed E-state index contributed by atoms with van der Waals surface area (Å²) in [5.41, 5.74) is 0.869. The van der Waals surface area contributed by atoms with Crippen LogP contribution >= 0.6 is 0 Å². The molecule has 1 aromatic carbocycles. The van der Waals surface area contributed by atoms with Gasteiger partial charge < -0.3 is 15.4 Å². The summed E-state index contributed by atoms with van der Waals surface area (Å²) in [4.78, 5) is 22.4. The van der Waals surface area contributed by atoms with Gasteiger partial charge in [0.15, 0.2) is 0 Å². The number of carbonyl (C=O) groups excluding carboxylic acids is 2. The molecular formula is C14H20N2O3. The van der Waals surface area contributed by atoms with E-state index in [-0.39, 0.29) is 11.9 Å². The van der Waals surface area contributed by atoms with E-state index in [4.69, 9.17) is 4.74 Å². The topological polar surface area (TPSA) is 67.4 Å². The van der Waals surface area contributed by atoms with E-state index in [9.17, 15) is 9.59 Å². The number of carbonyl (C=O) groups is 2. The van der Waals surface area contributed by atoms with Gasteiger partial charge in [-0.2, -0.15) is 0 Å². The zero-order chi connectivity index (χ0) is 14.1. The Hall–Kier alpha value is -1.88. The van der Waals surface area contributed by atoms with Crippen LogP contribution in [0.2, 0.25) is 0 Å². The third-order valence-corrected chi connectivity index (χ3v) is 2.65. The lowest BCUT2D eigenvalue weighted by Crippen LogP contribution is -2.32. The van der Waals surface area contributed by atoms with Crippen molar-refractivity contribution in [1.82, 2.24) is 10.6 Å². The van der Waals surface area contributed by atoms with Crippen LogP contribution in [0.4, 0.5) is 0 Å². The highest BCUT2D eigenvalue weighted by Crippen LogP contribution is 2.13. The van der Waals surface area contributed by atoms with Crippen molar-refractivity contribution in [3.63, 3.8) is 0 Å². The Labute approximate surface area is 113 Å². The molecule has 0 saturated heterocycles. The van der Waals surface area contributed by atoms with E-state index in [1.807, 2.05) is 30.3 Å². The lowest BCUT2D eigenvalue weighted by Gasteiger charge is -2.16. The van der Waals surface area contributed by atoms with E-state index in [0.29, 0.717) is 13.1 Å². The zero-order valence-corrected chi connectivity index (χ0v) is 11.3. The van der Waals surface area contributed by atoms with Crippen LogP contribution in [-0.4, -0.2) is 32.1 Å². The van der Waals surface area contributed by atoms with E-state index in [0.717, 1.165) is 12.0 Å². The largest absolute Gasteiger partial charge is 0.468 e. The minimum absolute atomic E-state index is 0.0485. The average Bonchev–Trinajstić information content (AvgIpc) is 2.42. The normalized spacial score (nSPS) is 11.7. The van der Waals surface area contributed by atoms with Crippen LogP contribution in [0.3, 0.4) is 0 Å². The number of methoxy groups -OCH3 is 1. The fraction of sp³-hybridized carbons (Fsp3) is 0.429. The van der Waals surface area contributed by atoms with Gasteiger partial charge >= 0.3 is 5.97 Å². The van der Waals surface area contributed by atoms with Gasteiger partial charge in [-0.1, -0.05) is 30.3 Å². The van der Waals surface area contributed by atoms with Gasteiger partial charge in [0.2, 0.25) is 5.91 Å². The molecule has 0 aliphatic carbocycles. The molecule has 0 fully saturated rings. The summed E-state index contributed by atoms with van der Waals surface area (Å²) in [5, 5.41) is 5.84. The summed E-state index contributed by atoms with van der Waals surface area (Å²) in [5.74, 6) is -0.363. The molecule has 0 heterocycles. The molecule has 5 heteroatoms. The second-order valence-electron chi connectivity index (χ2n) is 4.16. The van der Waals surface area contributed by atoms with Gasteiger partial charge in [-0.3, -0.25) is 4.79 Å². The van der Waals surface area contributed by atoms with Crippen LogP contribution in [-0.2, 0) is 14.3 Å². The van der Waals surface area contributed by atoms with Crippen molar-refractivity contribution in [1.29, 1.82) is 0 Å². The van der Waals surface area contributed by atoms with E-state index < -0.39 is 6.04 Å². The van der Waals surface area contributed by atoms with Crippen molar-refractivity contribution < 1.29 is 14.3 Å². The van der Waals surface area contributed by atoms with Crippen molar-refractivity contribution >= 4 is 11.9 Å². The smallest absolute Gasteiger partial charge is 0.327 e. The van der Waals surface area contributed by atoms with Crippen LogP contribution in [0, 0.1) is 0 Å². The van der Waals surface area contributed by atoms with Crippen molar-refractivity contribution in [2.45, 2.75) is 19.4 Å². The van der Waals surface area contributed by atoms with Crippen LogP contribution < -0.4 is 10.6 Å². The third kappa shape index (κ3) is 5.52. The maximum atomic E-state index is 11.7. The molecular weight excluding hydrogens is 244 g/mol. The number of hydrogen-bond donors (Lipinski definition) is 2. The molecule has 19 heavy (non-hydrogen) atoms. The summed E-state index contributed by atoms with van der Waals surface area (Å²) in [6, 6.07) is 8.94. The molecule has 5 nitrogen and oxygen atoms in total. The Balaban J connectivity index is 2.48. The SMILES string of the molecule is COC(=O)C(NCCCNC(C)=O)c1ccccc1. The van der Waals surface area contributed by atoms with Crippen LogP contribution in [0.25, 0.3) is 0 Å².